The van der Waals surface area contributed by atoms with Gasteiger partial charge in [-0.25, -0.2) is 4.98 Å². The Kier molecular flexibility index (Phi) is 8.45. The number of aryl methyl sites for hydroxylation is 1. The van der Waals surface area contributed by atoms with Gasteiger partial charge in [-0.2, -0.15) is 0 Å². The summed E-state index contributed by atoms with van der Waals surface area (Å²) >= 11 is 0. The molecule has 0 radical (unpaired) electrons. The van der Waals surface area contributed by atoms with Crippen LogP contribution in [0, 0.1) is 0 Å². The molecule has 0 aliphatic carbocycles. The lowest BCUT2D eigenvalue weighted by atomic mass is 10.0. The van der Waals surface area contributed by atoms with Crippen LogP contribution in [0.1, 0.15) is 75.3 Å². The Balaban J connectivity index is 1.68. The fourth-order valence-corrected chi connectivity index (χ4v) is 3.80. The van der Waals surface area contributed by atoms with E-state index in [1.165, 1.54) is 42.4 Å². The first-order chi connectivity index (χ1) is 15.1. The van der Waals surface area contributed by atoms with E-state index in [9.17, 15) is 4.79 Å². The molecule has 0 fully saturated rings. The maximum Gasteiger partial charge on any atom is 0.270 e. The SMILES string of the molecule is CCCCCC(C)NC(=O)c1cncn1-c1ccc(-c2ccc(CCCC)cc2)cc1. The van der Waals surface area contributed by atoms with Crippen molar-refractivity contribution in [3.05, 3.63) is 72.3 Å². The number of hydrogen-bond donors (Lipinski definition) is 1. The van der Waals surface area contributed by atoms with Gasteiger partial charge in [0.25, 0.3) is 5.91 Å². The van der Waals surface area contributed by atoms with Crippen LogP contribution in [-0.2, 0) is 6.42 Å². The Bertz CT molecular complexity index is 941. The van der Waals surface area contributed by atoms with E-state index < -0.39 is 0 Å². The van der Waals surface area contributed by atoms with Gasteiger partial charge in [0.15, 0.2) is 0 Å². The van der Waals surface area contributed by atoms with Crippen LogP contribution in [0.3, 0.4) is 0 Å². The fourth-order valence-electron chi connectivity index (χ4n) is 3.80. The second-order valence-corrected chi connectivity index (χ2v) is 8.37. The zero-order valence-electron chi connectivity index (χ0n) is 19.1. The number of nitrogens with one attached hydrogen (secondary N) is 1. The van der Waals surface area contributed by atoms with Crippen LogP contribution in [0.25, 0.3) is 16.8 Å². The zero-order chi connectivity index (χ0) is 22.1. The highest BCUT2D eigenvalue weighted by Crippen LogP contribution is 2.23. The number of nitrogens with zero attached hydrogens (tertiary/aromatic N) is 2. The molecule has 4 heteroatoms. The molecule has 0 aliphatic heterocycles. The monoisotopic (exact) mass is 417 g/mol. The van der Waals surface area contributed by atoms with Crippen molar-refractivity contribution >= 4 is 5.91 Å². The van der Waals surface area contributed by atoms with Gasteiger partial charge < -0.3 is 5.32 Å². The predicted octanol–water partition coefficient (Wildman–Crippen LogP) is 6.58. The van der Waals surface area contributed by atoms with Crippen LogP contribution in [0.5, 0.6) is 0 Å². The number of unbranched alkanes of at least 4 members (excludes halogenated alkanes) is 3. The van der Waals surface area contributed by atoms with E-state index in [0.29, 0.717) is 5.69 Å². The van der Waals surface area contributed by atoms with Crippen molar-refractivity contribution in [2.75, 3.05) is 0 Å². The lowest BCUT2D eigenvalue weighted by Crippen LogP contribution is -2.33. The Hall–Kier alpha value is -2.88. The number of hydrogen-bond acceptors (Lipinski definition) is 2. The van der Waals surface area contributed by atoms with Gasteiger partial charge in [0.05, 0.1) is 12.5 Å². The van der Waals surface area contributed by atoms with Gasteiger partial charge in [0.1, 0.15) is 5.69 Å². The molecule has 4 nitrogen and oxygen atoms in total. The van der Waals surface area contributed by atoms with E-state index in [4.69, 9.17) is 0 Å². The fraction of sp³-hybridized carbons (Fsp3) is 0.407. The first kappa shape index (κ1) is 22.8. The van der Waals surface area contributed by atoms with Crippen LogP contribution in [0.4, 0.5) is 0 Å². The lowest BCUT2D eigenvalue weighted by molar-refractivity contribution is 0.0931. The molecule has 31 heavy (non-hydrogen) atoms. The molecule has 2 aromatic carbocycles. The first-order valence-electron chi connectivity index (χ1n) is 11.6. The van der Waals surface area contributed by atoms with Crippen molar-refractivity contribution in [1.29, 1.82) is 0 Å². The van der Waals surface area contributed by atoms with Gasteiger partial charge in [0.2, 0.25) is 0 Å². The summed E-state index contributed by atoms with van der Waals surface area (Å²) in [5.74, 6) is -0.0757. The summed E-state index contributed by atoms with van der Waals surface area (Å²) in [5, 5.41) is 3.11. The molecule has 1 atom stereocenters. The highest BCUT2D eigenvalue weighted by atomic mass is 16.2. The average Bonchev–Trinajstić information content (AvgIpc) is 3.28. The van der Waals surface area contributed by atoms with Crippen molar-refractivity contribution in [2.24, 2.45) is 0 Å². The molecular formula is C27H35N3O. The van der Waals surface area contributed by atoms with Gasteiger partial charge in [-0.3, -0.25) is 9.36 Å². The Morgan fingerprint density at radius 3 is 2.23 bits per heavy atom. The highest BCUT2D eigenvalue weighted by Gasteiger charge is 2.15. The summed E-state index contributed by atoms with van der Waals surface area (Å²) in [6.07, 6.45) is 11.4. The normalized spacial score (nSPS) is 12.0. The summed E-state index contributed by atoms with van der Waals surface area (Å²) in [5.41, 5.74) is 5.26. The largest absolute Gasteiger partial charge is 0.348 e. The molecule has 3 rings (SSSR count). The molecule has 0 saturated carbocycles. The van der Waals surface area contributed by atoms with Crippen LogP contribution in [0.2, 0.25) is 0 Å². The van der Waals surface area contributed by atoms with E-state index in [0.717, 1.165) is 24.9 Å². The standard InChI is InChI=1S/C27H35N3O/c1-4-6-8-9-21(3)29-27(31)26-19-28-20-30(26)25-17-15-24(16-18-25)23-13-11-22(12-14-23)10-7-5-2/h11-21H,4-10H2,1-3H3,(H,29,31). The zero-order valence-corrected chi connectivity index (χ0v) is 19.1. The minimum atomic E-state index is -0.0757. The van der Waals surface area contributed by atoms with Crippen LogP contribution >= 0.6 is 0 Å². The van der Waals surface area contributed by atoms with Crippen molar-refractivity contribution < 1.29 is 4.79 Å². The summed E-state index contributed by atoms with van der Waals surface area (Å²) in [4.78, 5) is 17.0. The molecule has 1 N–H and O–H groups in total. The van der Waals surface area contributed by atoms with E-state index in [1.54, 1.807) is 12.5 Å². The molecular weight excluding hydrogens is 382 g/mol. The number of carbonyl (C=O) groups is 1. The minimum absolute atomic E-state index is 0.0757. The van der Waals surface area contributed by atoms with Gasteiger partial charge in [0, 0.05) is 11.7 Å². The van der Waals surface area contributed by atoms with Gasteiger partial charge in [-0.15, -0.1) is 0 Å². The Morgan fingerprint density at radius 1 is 0.935 bits per heavy atom. The van der Waals surface area contributed by atoms with Crippen molar-refractivity contribution in [2.45, 2.75) is 71.8 Å². The van der Waals surface area contributed by atoms with Crippen molar-refractivity contribution in [3.63, 3.8) is 0 Å². The van der Waals surface area contributed by atoms with Gasteiger partial charge >= 0.3 is 0 Å². The smallest absolute Gasteiger partial charge is 0.270 e. The summed E-state index contributed by atoms with van der Waals surface area (Å²) in [6, 6.07) is 17.3. The molecule has 0 aliphatic rings. The number of aromatic nitrogens is 2. The average molecular weight is 418 g/mol. The molecule has 0 bridgehead atoms. The second-order valence-electron chi connectivity index (χ2n) is 8.37. The molecule has 1 unspecified atom stereocenters. The first-order valence-corrected chi connectivity index (χ1v) is 11.6. The molecule has 0 saturated heterocycles. The Morgan fingerprint density at radius 2 is 1.58 bits per heavy atom. The summed E-state index contributed by atoms with van der Waals surface area (Å²) < 4.78 is 1.85. The van der Waals surface area contributed by atoms with E-state index in [1.807, 2.05) is 16.7 Å². The second kappa shape index (κ2) is 11.5. The van der Waals surface area contributed by atoms with E-state index in [2.05, 4.69) is 67.5 Å². The third kappa shape index (κ3) is 6.30. The van der Waals surface area contributed by atoms with Gasteiger partial charge in [-0.1, -0.05) is 75.9 Å². The molecule has 3 aromatic rings. The molecule has 1 amide bonds. The van der Waals surface area contributed by atoms with E-state index >= 15 is 0 Å². The maximum absolute atomic E-state index is 12.8. The Labute approximate surface area is 186 Å². The highest BCUT2D eigenvalue weighted by molar-refractivity contribution is 5.93. The third-order valence-electron chi connectivity index (χ3n) is 5.74. The van der Waals surface area contributed by atoms with Crippen LogP contribution in [-0.4, -0.2) is 21.5 Å². The topological polar surface area (TPSA) is 46.9 Å². The molecule has 164 valence electrons. The van der Waals surface area contributed by atoms with E-state index in [-0.39, 0.29) is 11.9 Å². The number of imidazole rings is 1. The number of amides is 1. The van der Waals surface area contributed by atoms with Crippen molar-refractivity contribution in [1.82, 2.24) is 14.9 Å². The quantitative estimate of drug-likeness (QED) is 0.358. The number of carbonyl (C=O) groups excluding carboxylic acids is 1. The molecule has 1 aromatic heterocycles. The predicted molar refractivity (Wildman–Crippen MR) is 129 cm³/mol. The number of benzene rings is 2. The van der Waals surface area contributed by atoms with Crippen LogP contribution < -0.4 is 5.32 Å². The maximum atomic E-state index is 12.8. The van der Waals surface area contributed by atoms with Gasteiger partial charge in [-0.05, 0) is 55.0 Å². The van der Waals surface area contributed by atoms with Crippen LogP contribution in [0.15, 0.2) is 61.1 Å². The van der Waals surface area contributed by atoms with Crippen molar-refractivity contribution in [3.8, 4) is 16.8 Å². The number of rotatable bonds is 11. The summed E-state index contributed by atoms with van der Waals surface area (Å²) in [6.45, 7) is 6.48. The lowest BCUT2D eigenvalue weighted by Gasteiger charge is -2.15. The molecule has 0 spiro atoms. The third-order valence-corrected chi connectivity index (χ3v) is 5.74. The summed E-state index contributed by atoms with van der Waals surface area (Å²) in [7, 11) is 0. The molecule has 1 heterocycles. The minimum Gasteiger partial charge on any atom is -0.348 e.